The van der Waals surface area contributed by atoms with Gasteiger partial charge in [0.05, 0.1) is 29.7 Å². The topological polar surface area (TPSA) is 189 Å². The van der Waals surface area contributed by atoms with Gasteiger partial charge in [0.15, 0.2) is 5.84 Å². The number of aryl methyl sites for hydroxylation is 1. The highest BCUT2D eigenvalue weighted by atomic mass is 16.7. The summed E-state index contributed by atoms with van der Waals surface area (Å²) in [6.45, 7) is 2.88. The zero-order valence-corrected chi connectivity index (χ0v) is 24.9. The smallest absolute Gasteiger partial charge is 0.419 e. The third-order valence-corrected chi connectivity index (χ3v) is 7.42. The Hall–Kier alpha value is -5.46. The van der Waals surface area contributed by atoms with E-state index in [-0.39, 0.29) is 41.6 Å². The van der Waals surface area contributed by atoms with E-state index in [4.69, 9.17) is 15.2 Å². The van der Waals surface area contributed by atoms with Gasteiger partial charge in [-0.3, -0.25) is 14.4 Å². The largest absolute Gasteiger partial charge is 0.508 e. The first kappa shape index (κ1) is 31.0. The van der Waals surface area contributed by atoms with Gasteiger partial charge in [0, 0.05) is 23.8 Å². The SMILES string of the molecule is Cc1ccc(C(=O)NC2CC2)cc1N=C(N=CN)c1[nH]cc(C(=O)N(C(=O)OCOC(=O)Cc2ccc(O)cc2)C2CC2)c1C. The molecule has 45 heavy (non-hydrogen) atoms. The van der Waals surface area contributed by atoms with Crippen LogP contribution in [0.3, 0.4) is 0 Å². The number of imide groups is 1. The van der Waals surface area contributed by atoms with Crippen molar-refractivity contribution in [2.45, 2.75) is 58.0 Å². The molecule has 234 valence electrons. The minimum Gasteiger partial charge on any atom is -0.508 e. The van der Waals surface area contributed by atoms with Crippen LogP contribution in [0.25, 0.3) is 0 Å². The number of H-pyrrole nitrogens is 1. The van der Waals surface area contributed by atoms with Crippen LogP contribution in [-0.4, -0.2) is 69.9 Å². The fraction of sp³-hybridized carbons (Fsp3) is 0.312. The van der Waals surface area contributed by atoms with Gasteiger partial charge in [-0.1, -0.05) is 18.2 Å². The van der Waals surface area contributed by atoms with E-state index < -0.39 is 24.8 Å². The highest BCUT2D eigenvalue weighted by molar-refractivity contribution is 6.09. The molecule has 0 radical (unpaired) electrons. The van der Waals surface area contributed by atoms with Crippen molar-refractivity contribution in [3.05, 3.63) is 82.2 Å². The van der Waals surface area contributed by atoms with Crippen molar-refractivity contribution >= 4 is 41.7 Å². The molecule has 5 rings (SSSR count). The fourth-order valence-electron chi connectivity index (χ4n) is 4.56. The van der Waals surface area contributed by atoms with Gasteiger partial charge in [-0.15, -0.1) is 0 Å². The highest BCUT2D eigenvalue weighted by Gasteiger charge is 2.40. The summed E-state index contributed by atoms with van der Waals surface area (Å²) in [6.07, 6.45) is 4.69. The zero-order valence-electron chi connectivity index (χ0n) is 24.9. The van der Waals surface area contributed by atoms with Crippen LogP contribution < -0.4 is 11.1 Å². The number of nitrogens with two attached hydrogens (primary N) is 1. The number of aromatic hydroxyl groups is 1. The Morgan fingerprint density at radius 2 is 1.80 bits per heavy atom. The molecular weight excluding hydrogens is 580 g/mol. The molecule has 0 atom stereocenters. The molecule has 2 saturated carbocycles. The Kier molecular flexibility index (Phi) is 9.26. The quantitative estimate of drug-likeness (QED) is 0.115. The molecule has 1 heterocycles. The second-order valence-electron chi connectivity index (χ2n) is 11.0. The molecule has 2 aliphatic rings. The predicted octanol–water partition coefficient (Wildman–Crippen LogP) is 3.78. The van der Waals surface area contributed by atoms with Gasteiger partial charge in [0.25, 0.3) is 11.8 Å². The summed E-state index contributed by atoms with van der Waals surface area (Å²) in [5.74, 6) is -1.16. The number of hydrogen-bond acceptors (Lipinski definition) is 8. The number of hydrogen-bond donors (Lipinski definition) is 4. The Labute approximate surface area is 259 Å². The van der Waals surface area contributed by atoms with Gasteiger partial charge in [0.1, 0.15) is 5.75 Å². The number of aromatic amines is 1. The summed E-state index contributed by atoms with van der Waals surface area (Å²) >= 11 is 0. The number of benzene rings is 2. The summed E-state index contributed by atoms with van der Waals surface area (Å²) in [4.78, 5) is 64.2. The van der Waals surface area contributed by atoms with Crippen LogP contribution in [0.4, 0.5) is 10.5 Å². The minimum atomic E-state index is -0.937. The molecule has 5 N–H and O–H groups in total. The molecule has 0 aliphatic heterocycles. The number of esters is 1. The van der Waals surface area contributed by atoms with Crippen molar-refractivity contribution in [2.75, 3.05) is 6.79 Å². The van der Waals surface area contributed by atoms with Gasteiger partial charge >= 0.3 is 12.1 Å². The van der Waals surface area contributed by atoms with E-state index in [0.29, 0.717) is 40.9 Å². The van der Waals surface area contributed by atoms with E-state index in [9.17, 15) is 24.3 Å². The molecule has 0 bridgehead atoms. The van der Waals surface area contributed by atoms with Gasteiger partial charge in [-0.05, 0) is 80.5 Å². The number of carbonyl (C=O) groups is 4. The molecule has 2 fully saturated rings. The normalized spacial score (nSPS) is 14.7. The number of rotatable bonds is 10. The average molecular weight is 615 g/mol. The van der Waals surface area contributed by atoms with Crippen molar-refractivity contribution in [2.24, 2.45) is 15.7 Å². The monoisotopic (exact) mass is 614 g/mol. The molecule has 0 saturated heterocycles. The van der Waals surface area contributed by atoms with Gasteiger partial charge in [-0.25, -0.2) is 19.7 Å². The fourth-order valence-corrected chi connectivity index (χ4v) is 4.56. The van der Waals surface area contributed by atoms with Gasteiger partial charge in [-0.2, -0.15) is 0 Å². The molecule has 0 spiro atoms. The Bertz CT molecular complexity index is 1670. The standard InChI is InChI=1S/C32H34N6O7/c1-18-3-6-21(30(41)36-22-7-8-22)14-26(18)37-29(35-16-33)28-19(2)25(15-34-28)31(42)38(23-9-10-23)32(43)45-17-44-27(40)13-20-4-11-24(39)12-5-20/h3-6,11-12,14-16,22-23,34,39H,7-10,13,17H2,1-2H3,(H,36,41)(H2,33,35,37). The van der Waals surface area contributed by atoms with E-state index in [2.05, 4.69) is 20.3 Å². The number of carbonyl (C=O) groups excluding carboxylic acids is 4. The molecule has 2 aromatic carbocycles. The lowest BCUT2D eigenvalue weighted by molar-refractivity contribution is -0.151. The minimum absolute atomic E-state index is 0.0704. The number of phenols is 1. The molecule has 3 aromatic rings. The van der Waals surface area contributed by atoms with Crippen LogP contribution in [0.15, 0.2) is 58.6 Å². The predicted molar refractivity (Wildman–Crippen MR) is 165 cm³/mol. The zero-order chi connectivity index (χ0) is 32.1. The third kappa shape index (κ3) is 7.74. The average Bonchev–Trinajstić information content (AvgIpc) is 3.95. The van der Waals surface area contributed by atoms with Crippen LogP contribution in [0.2, 0.25) is 0 Å². The maximum absolute atomic E-state index is 13.6. The summed E-state index contributed by atoms with van der Waals surface area (Å²) in [6, 6.07) is 11.1. The number of ether oxygens (including phenoxy) is 2. The Morgan fingerprint density at radius 3 is 2.47 bits per heavy atom. The van der Waals surface area contributed by atoms with Gasteiger partial charge in [0.2, 0.25) is 6.79 Å². The van der Waals surface area contributed by atoms with Crippen molar-refractivity contribution in [3.63, 3.8) is 0 Å². The van der Waals surface area contributed by atoms with E-state index in [1.165, 1.54) is 18.3 Å². The van der Waals surface area contributed by atoms with Crippen molar-refractivity contribution in [1.82, 2.24) is 15.2 Å². The van der Waals surface area contributed by atoms with Crippen molar-refractivity contribution in [3.8, 4) is 5.75 Å². The Morgan fingerprint density at radius 1 is 1.07 bits per heavy atom. The number of aromatic nitrogens is 1. The third-order valence-electron chi connectivity index (χ3n) is 7.42. The van der Waals surface area contributed by atoms with E-state index >= 15 is 0 Å². The first-order chi connectivity index (χ1) is 21.6. The number of aliphatic imine (C=N–C) groups is 2. The van der Waals surface area contributed by atoms with Crippen LogP contribution >= 0.6 is 0 Å². The second-order valence-corrected chi connectivity index (χ2v) is 11.0. The van der Waals surface area contributed by atoms with Crippen LogP contribution in [0.5, 0.6) is 5.75 Å². The summed E-state index contributed by atoms with van der Waals surface area (Å²) in [5.41, 5.74) is 9.09. The molecule has 1 aromatic heterocycles. The van der Waals surface area contributed by atoms with Crippen LogP contribution in [0.1, 0.15) is 68.8 Å². The number of nitrogens with one attached hydrogen (secondary N) is 2. The second kappa shape index (κ2) is 13.5. The first-order valence-electron chi connectivity index (χ1n) is 14.5. The Balaban J connectivity index is 1.29. The molecule has 3 amide bonds. The number of nitrogens with zero attached hydrogens (tertiary/aromatic N) is 3. The molecule has 0 unspecified atom stereocenters. The number of amides is 3. The summed E-state index contributed by atoms with van der Waals surface area (Å²) in [7, 11) is 0. The maximum atomic E-state index is 13.6. The highest BCUT2D eigenvalue weighted by Crippen LogP contribution is 2.31. The van der Waals surface area contributed by atoms with E-state index in [1.54, 1.807) is 37.3 Å². The van der Waals surface area contributed by atoms with Crippen molar-refractivity contribution in [1.29, 1.82) is 0 Å². The van der Waals surface area contributed by atoms with Gasteiger partial charge < -0.3 is 30.6 Å². The van der Waals surface area contributed by atoms with Crippen LogP contribution in [-0.2, 0) is 20.7 Å². The lowest BCUT2D eigenvalue weighted by atomic mass is 10.1. The number of phenolic OH excluding ortho intramolecular Hbond substituents is 1. The van der Waals surface area contributed by atoms with E-state index in [0.717, 1.165) is 29.6 Å². The molecular formula is C32H34N6O7. The lowest BCUT2D eigenvalue weighted by Gasteiger charge is -2.20. The number of amidine groups is 1. The molecule has 13 heteroatoms. The molecule has 2 aliphatic carbocycles. The summed E-state index contributed by atoms with van der Waals surface area (Å²) < 4.78 is 10.2. The van der Waals surface area contributed by atoms with Crippen molar-refractivity contribution < 1.29 is 33.8 Å². The van der Waals surface area contributed by atoms with Crippen LogP contribution in [0, 0.1) is 13.8 Å². The van der Waals surface area contributed by atoms with E-state index in [1.807, 2.05) is 6.92 Å². The maximum Gasteiger partial charge on any atom is 0.419 e. The first-order valence-corrected chi connectivity index (χ1v) is 14.5. The lowest BCUT2D eigenvalue weighted by Crippen LogP contribution is -2.39. The summed E-state index contributed by atoms with van der Waals surface area (Å²) in [5, 5.41) is 12.3. The molecule has 13 nitrogen and oxygen atoms in total.